The standard InChI is InChI=1S/C24H31N3O/c1-4-5-6-7-8-9-13-22(28)26-24-23(20-16-18(2)15-19(3)17-20)25-21-12-10-11-14-27(21)24/h10-12,14-17H,4-9,13H2,1-3H3,(H,26,28). The van der Waals surface area contributed by atoms with Gasteiger partial charge in [-0.25, -0.2) is 4.98 Å². The summed E-state index contributed by atoms with van der Waals surface area (Å²) in [5, 5.41) is 3.13. The molecule has 148 valence electrons. The van der Waals surface area contributed by atoms with Crippen LogP contribution < -0.4 is 5.32 Å². The highest BCUT2D eigenvalue weighted by atomic mass is 16.1. The van der Waals surface area contributed by atoms with Crippen LogP contribution in [0.15, 0.2) is 42.6 Å². The van der Waals surface area contributed by atoms with Crippen molar-refractivity contribution in [2.75, 3.05) is 5.32 Å². The molecule has 0 aliphatic rings. The van der Waals surface area contributed by atoms with E-state index in [9.17, 15) is 4.79 Å². The zero-order valence-electron chi connectivity index (χ0n) is 17.3. The van der Waals surface area contributed by atoms with Crippen molar-refractivity contribution in [3.63, 3.8) is 0 Å². The van der Waals surface area contributed by atoms with Crippen LogP contribution in [0.2, 0.25) is 0 Å². The van der Waals surface area contributed by atoms with Crippen LogP contribution >= 0.6 is 0 Å². The van der Waals surface area contributed by atoms with Crippen LogP contribution in [0.25, 0.3) is 16.9 Å². The molecule has 0 saturated carbocycles. The molecule has 3 aromatic rings. The lowest BCUT2D eigenvalue weighted by atomic mass is 10.0. The number of pyridine rings is 1. The molecule has 0 aliphatic carbocycles. The van der Waals surface area contributed by atoms with E-state index in [0.29, 0.717) is 6.42 Å². The summed E-state index contributed by atoms with van der Waals surface area (Å²) in [6.45, 7) is 6.39. The van der Waals surface area contributed by atoms with Crippen molar-refractivity contribution in [3.8, 4) is 11.3 Å². The lowest BCUT2D eigenvalue weighted by Crippen LogP contribution is -2.13. The van der Waals surface area contributed by atoms with Gasteiger partial charge in [-0.3, -0.25) is 9.20 Å². The van der Waals surface area contributed by atoms with Crippen LogP contribution in [-0.2, 0) is 4.79 Å². The van der Waals surface area contributed by atoms with Gasteiger partial charge in [0, 0.05) is 18.2 Å². The van der Waals surface area contributed by atoms with Crippen molar-refractivity contribution < 1.29 is 4.79 Å². The number of carbonyl (C=O) groups is 1. The molecule has 2 aromatic heterocycles. The Morgan fingerprint density at radius 3 is 2.46 bits per heavy atom. The molecule has 0 aliphatic heterocycles. The van der Waals surface area contributed by atoms with Crippen molar-refractivity contribution in [1.29, 1.82) is 0 Å². The Kier molecular flexibility index (Phi) is 6.85. The number of amides is 1. The third kappa shape index (κ3) is 5.00. The van der Waals surface area contributed by atoms with Crippen LogP contribution in [0.4, 0.5) is 5.82 Å². The first kappa shape index (κ1) is 20.1. The summed E-state index contributed by atoms with van der Waals surface area (Å²) in [4.78, 5) is 17.4. The molecule has 0 radical (unpaired) electrons. The molecule has 3 rings (SSSR count). The molecule has 2 heterocycles. The summed E-state index contributed by atoms with van der Waals surface area (Å²) in [5.74, 6) is 0.823. The highest BCUT2D eigenvalue weighted by molar-refractivity contribution is 5.94. The third-order valence-electron chi connectivity index (χ3n) is 5.04. The lowest BCUT2D eigenvalue weighted by Gasteiger charge is -2.09. The van der Waals surface area contributed by atoms with Gasteiger partial charge in [-0.15, -0.1) is 0 Å². The average Bonchev–Trinajstić information content (AvgIpc) is 3.02. The molecule has 0 spiro atoms. The summed E-state index contributed by atoms with van der Waals surface area (Å²) in [6, 6.07) is 12.3. The van der Waals surface area contributed by atoms with Crippen molar-refractivity contribution in [2.24, 2.45) is 0 Å². The molecule has 1 amide bonds. The summed E-state index contributed by atoms with van der Waals surface area (Å²) in [5.41, 5.74) is 5.09. The number of imidazole rings is 1. The van der Waals surface area contributed by atoms with Crippen molar-refractivity contribution >= 4 is 17.4 Å². The molecule has 1 N–H and O–H groups in total. The van der Waals surface area contributed by atoms with E-state index in [4.69, 9.17) is 4.98 Å². The molecule has 28 heavy (non-hydrogen) atoms. The number of hydrogen-bond acceptors (Lipinski definition) is 2. The molecule has 0 unspecified atom stereocenters. The fourth-order valence-electron chi connectivity index (χ4n) is 3.69. The Morgan fingerprint density at radius 2 is 1.71 bits per heavy atom. The van der Waals surface area contributed by atoms with Gasteiger partial charge in [0.05, 0.1) is 0 Å². The molecular formula is C24H31N3O. The number of benzene rings is 1. The first-order valence-corrected chi connectivity index (χ1v) is 10.4. The minimum Gasteiger partial charge on any atom is -0.310 e. The molecule has 1 aromatic carbocycles. The van der Waals surface area contributed by atoms with Gasteiger partial charge in [0.2, 0.25) is 5.91 Å². The average molecular weight is 378 g/mol. The van der Waals surface area contributed by atoms with Crippen LogP contribution in [0.1, 0.15) is 63.0 Å². The van der Waals surface area contributed by atoms with Gasteiger partial charge in [0.25, 0.3) is 0 Å². The highest BCUT2D eigenvalue weighted by Gasteiger charge is 2.16. The number of rotatable bonds is 9. The summed E-state index contributed by atoms with van der Waals surface area (Å²) < 4.78 is 1.96. The molecule has 4 heteroatoms. The maximum atomic E-state index is 12.6. The predicted molar refractivity (Wildman–Crippen MR) is 117 cm³/mol. The molecule has 0 bridgehead atoms. The number of fused-ring (bicyclic) bond motifs is 1. The first-order valence-electron chi connectivity index (χ1n) is 10.4. The quantitative estimate of drug-likeness (QED) is 0.444. The second-order valence-electron chi connectivity index (χ2n) is 7.68. The van der Waals surface area contributed by atoms with Crippen molar-refractivity contribution in [3.05, 3.63) is 53.7 Å². The van der Waals surface area contributed by atoms with Crippen molar-refractivity contribution in [1.82, 2.24) is 9.38 Å². The second-order valence-corrected chi connectivity index (χ2v) is 7.68. The Labute approximate surface area is 168 Å². The van der Waals surface area contributed by atoms with Gasteiger partial charge in [0.1, 0.15) is 17.2 Å². The maximum Gasteiger partial charge on any atom is 0.225 e. The van der Waals surface area contributed by atoms with Crippen LogP contribution in [0, 0.1) is 13.8 Å². The Balaban J connectivity index is 1.79. The summed E-state index contributed by atoms with van der Waals surface area (Å²) in [7, 11) is 0. The third-order valence-corrected chi connectivity index (χ3v) is 5.04. The molecular weight excluding hydrogens is 346 g/mol. The predicted octanol–water partition coefficient (Wildman–Crippen LogP) is 6.31. The molecule has 4 nitrogen and oxygen atoms in total. The van der Waals surface area contributed by atoms with Gasteiger partial charge in [-0.05, 0) is 44.5 Å². The summed E-state index contributed by atoms with van der Waals surface area (Å²) >= 11 is 0. The number of hydrogen-bond donors (Lipinski definition) is 1. The number of nitrogens with one attached hydrogen (secondary N) is 1. The zero-order valence-corrected chi connectivity index (χ0v) is 17.3. The van der Waals surface area contributed by atoms with E-state index in [2.05, 4.69) is 44.3 Å². The van der Waals surface area contributed by atoms with Gasteiger partial charge in [-0.2, -0.15) is 0 Å². The summed E-state index contributed by atoms with van der Waals surface area (Å²) in [6.07, 6.45) is 9.57. The van der Waals surface area contributed by atoms with Crippen LogP contribution in [0.3, 0.4) is 0 Å². The van der Waals surface area contributed by atoms with Crippen molar-refractivity contribution in [2.45, 2.75) is 65.7 Å². The van der Waals surface area contributed by atoms with Crippen LogP contribution in [0.5, 0.6) is 0 Å². The SMILES string of the molecule is CCCCCCCCC(=O)Nc1c(-c2cc(C)cc(C)c2)nc2ccccn12. The Bertz CT molecular complexity index is 922. The number of aryl methyl sites for hydroxylation is 2. The molecule has 0 saturated heterocycles. The smallest absolute Gasteiger partial charge is 0.225 e. The van der Waals surface area contributed by atoms with Gasteiger partial charge < -0.3 is 5.32 Å². The second kappa shape index (κ2) is 9.54. The number of aromatic nitrogens is 2. The molecule has 0 fully saturated rings. The minimum absolute atomic E-state index is 0.0618. The fourth-order valence-corrected chi connectivity index (χ4v) is 3.69. The Hall–Kier alpha value is -2.62. The molecule has 0 atom stereocenters. The van der Waals surface area contributed by atoms with E-state index in [1.54, 1.807) is 0 Å². The monoisotopic (exact) mass is 377 g/mol. The normalized spacial score (nSPS) is 11.1. The van der Waals surface area contributed by atoms with E-state index < -0.39 is 0 Å². The number of anilines is 1. The highest BCUT2D eigenvalue weighted by Crippen LogP contribution is 2.30. The van der Waals surface area contributed by atoms with Gasteiger partial charge in [-0.1, -0.05) is 62.3 Å². The van der Waals surface area contributed by atoms with Crippen LogP contribution in [-0.4, -0.2) is 15.3 Å². The Morgan fingerprint density at radius 1 is 1.00 bits per heavy atom. The number of nitrogens with zero attached hydrogens (tertiary/aromatic N) is 2. The van der Waals surface area contributed by atoms with E-state index in [1.165, 1.54) is 36.8 Å². The first-order chi connectivity index (χ1) is 13.6. The number of unbranched alkanes of at least 4 members (excludes halogenated alkanes) is 5. The topological polar surface area (TPSA) is 46.4 Å². The minimum atomic E-state index is 0.0618. The lowest BCUT2D eigenvalue weighted by molar-refractivity contribution is -0.116. The van der Waals surface area contributed by atoms with E-state index in [-0.39, 0.29) is 5.91 Å². The number of carbonyl (C=O) groups excluding carboxylic acids is 1. The zero-order chi connectivity index (χ0) is 19.9. The van der Waals surface area contributed by atoms with E-state index in [1.807, 2.05) is 28.8 Å². The van der Waals surface area contributed by atoms with Gasteiger partial charge in [0.15, 0.2) is 0 Å². The largest absolute Gasteiger partial charge is 0.310 e. The van der Waals surface area contributed by atoms with E-state index >= 15 is 0 Å². The fraction of sp³-hybridized carbons (Fsp3) is 0.417. The maximum absolute atomic E-state index is 12.6. The van der Waals surface area contributed by atoms with E-state index in [0.717, 1.165) is 35.6 Å². The van der Waals surface area contributed by atoms with Gasteiger partial charge >= 0.3 is 0 Å².